The maximum atomic E-state index is 6.87. The maximum Gasteiger partial charge on any atom is 0.164 e. The molecule has 0 atom stereocenters. The van der Waals surface area contributed by atoms with Gasteiger partial charge in [0.15, 0.2) is 17.5 Å². The summed E-state index contributed by atoms with van der Waals surface area (Å²) >= 11 is 0. The Morgan fingerprint density at radius 2 is 0.942 bits per heavy atom. The highest BCUT2D eigenvalue weighted by Crippen LogP contribution is 2.44. The van der Waals surface area contributed by atoms with E-state index in [-0.39, 0.29) is 0 Å². The molecule has 0 aliphatic rings. The number of benzene rings is 10. The summed E-state index contributed by atoms with van der Waals surface area (Å²) in [6, 6.07) is 71.9. The van der Waals surface area contributed by atoms with E-state index in [4.69, 9.17) is 23.8 Å². The number of aromatic nitrogens is 3. The van der Waals surface area contributed by atoms with E-state index in [1.54, 1.807) is 6.08 Å². The summed E-state index contributed by atoms with van der Waals surface area (Å²) in [6.45, 7) is 6.35. The molecule has 0 N–H and O–H groups in total. The van der Waals surface area contributed by atoms with Gasteiger partial charge in [0.2, 0.25) is 0 Å². The van der Waals surface area contributed by atoms with Crippen molar-refractivity contribution >= 4 is 83.0 Å². The molecule has 3 aromatic heterocycles. The maximum absolute atomic E-state index is 6.87. The Hall–Kier alpha value is -9.19. The van der Waals surface area contributed by atoms with Crippen LogP contribution in [0.15, 0.2) is 222 Å². The van der Waals surface area contributed by atoms with Crippen molar-refractivity contribution < 1.29 is 8.83 Å². The van der Waals surface area contributed by atoms with E-state index in [1.165, 1.54) is 32.3 Å². The minimum atomic E-state index is 0.545. The fourth-order valence-corrected chi connectivity index (χ4v) is 10.3. The zero-order chi connectivity index (χ0) is 46.0. The van der Waals surface area contributed by atoms with Crippen molar-refractivity contribution in [1.82, 2.24) is 15.0 Å². The summed E-state index contributed by atoms with van der Waals surface area (Å²) < 4.78 is 13.4. The fraction of sp³-hybridized carbons (Fsp3) is 0.0156. The number of nitrogens with zero attached hydrogens (tertiary/aromatic N) is 3. The molecular weight excluding hydrogens is 843 g/mol. The number of furan rings is 2. The molecule has 324 valence electrons. The van der Waals surface area contributed by atoms with Crippen LogP contribution in [-0.4, -0.2) is 15.0 Å². The van der Waals surface area contributed by atoms with Gasteiger partial charge >= 0.3 is 0 Å². The van der Waals surface area contributed by atoms with Crippen molar-refractivity contribution in [3.05, 3.63) is 230 Å². The van der Waals surface area contributed by atoms with Crippen molar-refractivity contribution in [2.24, 2.45) is 0 Å². The van der Waals surface area contributed by atoms with Crippen LogP contribution in [-0.2, 0) is 0 Å². The van der Waals surface area contributed by atoms with Crippen LogP contribution >= 0.6 is 0 Å². The lowest BCUT2D eigenvalue weighted by molar-refractivity contribution is 0.603. The lowest BCUT2D eigenvalue weighted by Crippen LogP contribution is -2.00. The van der Waals surface area contributed by atoms with E-state index < -0.39 is 0 Å². The predicted molar refractivity (Wildman–Crippen MR) is 287 cm³/mol. The number of hydrogen-bond donors (Lipinski definition) is 0. The molecule has 5 nitrogen and oxygen atoms in total. The molecule has 0 spiro atoms. The van der Waals surface area contributed by atoms with Crippen LogP contribution in [0.2, 0.25) is 0 Å². The SMILES string of the molecule is C=Cc1oc2cccc(-c3nc(-c4ccccc4)nc(-c4cccc(-c5ccccc5)c4)n3)c2c1/C=C(\C)c1cccc2oc3c(-c4ccc5c6ccccc6c6ccccc6c5c4)cccc3c12. The minimum absolute atomic E-state index is 0.545. The van der Waals surface area contributed by atoms with Gasteiger partial charge in [-0.05, 0) is 103 Å². The second kappa shape index (κ2) is 16.3. The van der Waals surface area contributed by atoms with E-state index >= 15 is 0 Å². The van der Waals surface area contributed by atoms with Crippen molar-refractivity contribution in [2.45, 2.75) is 6.92 Å². The third-order valence-electron chi connectivity index (χ3n) is 13.5. The summed E-state index contributed by atoms with van der Waals surface area (Å²) in [7, 11) is 0. The van der Waals surface area contributed by atoms with Crippen LogP contribution in [0.25, 0.3) is 139 Å². The molecular formula is C64H41N3O2. The van der Waals surface area contributed by atoms with Crippen LogP contribution in [0.3, 0.4) is 0 Å². The summed E-state index contributed by atoms with van der Waals surface area (Å²) in [6.07, 6.45) is 3.98. The van der Waals surface area contributed by atoms with Gasteiger partial charge in [0, 0.05) is 44.0 Å². The molecule has 5 heteroatoms. The molecule has 0 amide bonds. The van der Waals surface area contributed by atoms with E-state index in [2.05, 4.69) is 177 Å². The molecule has 0 bridgehead atoms. The van der Waals surface area contributed by atoms with Crippen molar-refractivity contribution in [1.29, 1.82) is 0 Å². The van der Waals surface area contributed by atoms with Gasteiger partial charge in [-0.3, -0.25) is 0 Å². The van der Waals surface area contributed by atoms with Gasteiger partial charge in [-0.1, -0.05) is 189 Å². The lowest BCUT2D eigenvalue weighted by Gasteiger charge is -2.12. The van der Waals surface area contributed by atoms with Crippen molar-refractivity contribution in [3.63, 3.8) is 0 Å². The van der Waals surface area contributed by atoms with Gasteiger partial charge in [-0.2, -0.15) is 0 Å². The fourth-order valence-electron chi connectivity index (χ4n) is 10.3. The molecule has 3 heterocycles. The third kappa shape index (κ3) is 6.74. The molecule has 10 aromatic carbocycles. The highest BCUT2D eigenvalue weighted by molar-refractivity contribution is 6.26. The zero-order valence-corrected chi connectivity index (χ0v) is 37.6. The Labute approximate surface area is 398 Å². The molecule has 69 heavy (non-hydrogen) atoms. The molecule has 13 rings (SSSR count). The second-order valence-corrected chi connectivity index (χ2v) is 17.5. The Kier molecular flexibility index (Phi) is 9.48. The average molecular weight is 884 g/mol. The van der Waals surface area contributed by atoms with Crippen LogP contribution in [0.5, 0.6) is 0 Å². The van der Waals surface area contributed by atoms with Crippen LogP contribution < -0.4 is 0 Å². The van der Waals surface area contributed by atoms with Crippen molar-refractivity contribution in [2.75, 3.05) is 0 Å². The molecule has 0 saturated heterocycles. The number of rotatable bonds is 8. The van der Waals surface area contributed by atoms with E-state index in [1.807, 2.05) is 48.5 Å². The minimum Gasteiger partial charge on any atom is -0.456 e. The normalized spacial score (nSPS) is 12.0. The van der Waals surface area contributed by atoms with Crippen LogP contribution in [0, 0.1) is 0 Å². The summed E-state index contributed by atoms with van der Waals surface area (Å²) in [5.41, 5.74) is 12.4. The topological polar surface area (TPSA) is 65.0 Å². The summed E-state index contributed by atoms with van der Waals surface area (Å²) in [5, 5.41) is 10.5. The highest BCUT2D eigenvalue weighted by atomic mass is 16.3. The number of allylic oxidation sites excluding steroid dienone is 1. The van der Waals surface area contributed by atoms with Gasteiger partial charge in [0.05, 0.1) is 0 Å². The monoisotopic (exact) mass is 883 g/mol. The van der Waals surface area contributed by atoms with Gasteiger partial charge in [0.1, 0.15) is 22.5 Å². The van der Waals surface area contributed by atoms with Gasteiger partial charge in [-0.25, -0.2) is 15.0 Å². The number of para-hydroxylation sites is 1. The molecule has 0 aliphatic carbocycles. The molecule has 0 aliphatic heterocycles. The molecule has 0 radical (unpaired) electrons. The number of hydrogen-bond acceptors (Lipinski definition) is 5. The predicted octanol–water partition coefficient (Wildman–Crippen LogP) is 17.5. The molecule has 0 fully saturated rings. The first kappa shape index (κ1) is 40.1. The van der Waals surface area contributed by atoms with Gasteiger partial charge < -0.3 is 8.83 Å². The zero-order valence-electron chi connectivity index (χ0n) is 37.6. The van der Waals surface area contributed by atoms with Crippen molar-refractivity contribution in [3.8, 4) is 56.4 Å². The van der Waals surface area contributed by atoms with Crippen LogP contribution in [0.1, 0.15) is 23.8 Å². The van der Waals surface area contributed by atoms with Crippen LogP contribution in [0.4, 0.5) is 0 Å². The lowest BCUT2D eigenvalue weighted by atomic mass is 9.91. The largest absolute Gasteiger partial charge is 0.456 e. The third-order valence-corrected chi connectivity index (χ3v) is 13.5. The van der Waals surface area contributed by atoms with E-state index in [9.17, 15) is 0 Å². The van der Waals surface area contributed by atoms with Gasteiger partial charge in [0.25, 0.3) is 0 Å². The quantitative estimate of drug-likeness (QED) is 0.142. The smallest absolute Gasteiger partial charge is 0.164 e. The van der Waals surface area contributed by atoms with E-state index in [0.29, 0.717) is 28.8 Å². The first-order chi connectivity index (χ1) is 34.1. The molecule has 0 unspecified atom stereocenters. The molecule has 0 saturated carbocycles. The summed E-state index contributed by atoms with van der Waals surface area (Å²) in [4.78, 5) is 15.5. The Morgan fingerprint density at radius 3 is 1.67 bits per heavy atom. The standard InChI is InChI=1S/C64H41N3O2/c1-3-56-55(60-53(31-17-32-57(60)68-56)64-66-62(41-20-8-5-9-21-41)65-63(67-64)44-23-14-22-42(37-44)40-18-6-4-7-19-40)36-39(2)45-28-16-33-58-59(45)52-30-15-29-46(61(52)69-58)43-34-35-51-49-26-11-10-24-47(49)48-25-12-13-27-50(48)54(51)38-43/h3-38H,1H2,2H3/b39-36+. The second-order valence-electron chi connectivity index (χ2n) is 17.5. The van der Waals surface area contributed by atoms with E-state index in [0.717, 1.165) is 83.0 Å². The number of fused-ring (bicyclic) bond motifs is 10. The first-order valence-electron chi connectivity index (χ1n) is 23.2. The Morgan fingerprint density at radius 1 is 0.406 bits per heavy atom. The highest BCUT2D eigenvalue weighted by Gasteiger charge is 2.22. The average Bonchev–Trinajstić information content (AvgIpc) is 3.99. The Balaban J connectivity index is 0.958. The van der Waals surface area contributed by atoms with Gasteiger partial charge in [-0.15, -0.1) is 0 Å². The first-order valence-corrected chi connectivity index (χ1v) is 23.2. The molecule has 13 aromatic rings. The summed E-state index contributed by atoms with van der Waals surface area (Å²) in [5.74, 6) is 2.37. The Bertz CT molecular complexity index is 4180.